The third-order valence-corrected chi connectivity index (χ3v) is 3.97. The fourth-order valence-corrected chi connectivity index (χ4v) is 2.64. The van der Waals surface area contributed by atoms with Crippen molar-refractivity contribution in [3.8, 4) is 5.75 Å². The standard InChI is InChI=1S/C22H21FN2O2/c23-18-11-13-19(14-12-18)25-22(26)21(17-7-3-1-4-8-17)24-15-16-27-20-9-5-2-6-10-20/h1-14,21,24H,15-16H2,(H,25,26)/t21-/m1/s1. The van der Waals surface area contributed by atoms with Crippen molar-refractivity contribution in [1.29, 1.82) is 0 Å². The van der Waals surface area contributed by atoms with E-state index in [0.29, 0.717) is 18.8 Å². The molecule has 1 amide bonds. The Morgan fingerprint density at radius 3 is 2.19 bits per heavy atom. The van der Waals surface area contributed by atoms with Gasteiger partial charge in [0, 0.05) is 12.2 Å². The molecule has 0 aliphatic heterocycles. The van der Waals surface area contributed by atoms with Crippen LogP contribution >= 0.6 is 0 Å². The van der Waals surface area contributed by atoms with E-state index >= 15 is 0 Å². The number of ether oxygens (including phenoxy) is 1. The second-order valence-corrected chi connectivity index (χ2v) is 5.96. The molecule has 5 heteroatoms. The molecule has 3 rings (SSSR count). The maximum absolute atomic E-state index is 13.1. The minimum absolute atomic E-state index is 0.215. The molecule has 0 spiro atoms. The van der Waals surface area contributed by atoms with E-state index in [1.54, 1.807) is 0 Å². The van der Waals surface area contributed by atoms with Crippen LogP contribution in [-0.2, 0) is 4.79 Å². The summed E-state index contributed by atoms with van der Waals surface area (Å²) >= 11 is 0. The van der Waals surface area contributed by atoms with Crippen molar-refractivity contribution in [2.24, 2.45) is 0 Å². The molecule has 0 radical (unpaired) electrons. The van der Waals surface area contributed by atoms with Gasteiger partial charge >= 0.3 is 0 Å². The molecule has 4 nitrogen and oxygen atoms in total. The van der Waals surface area contributed by atoms with Crippen molar-refractivity contribution in [3.05, 3.63) is 96.3 Å². The number of benzene rings is 3. The highest BCUT2D eigenvalue weighted by atomic mass is 19.1. The average molecular weight is 364 g/mol. The Bertz CT molecular complexity index is 839. The van der Waals surface area contributed by atoms with Gasteiger partial charge in [0.15, 0.2) is 0 Å². The Morgan fingerprint density at radius 2 is 1.52 bits per heavy atom. The topological polar surface area (TPSA) is 50.4 Å². The number of hydrogen-bond acceptors (Lipinski definition) is 3. The first-order valence-electron chi connectivity index (χ1n) is 8.75. The van der Waals surface area contributed by atoms with Gasteiger partial charge in [-0.25, -0.2) is 4.39 Å². The first kappa shape index (κ1) is 18.6. The van der Waals surface area contributed by atoms with E-state index in [2.05, 4.69) is 10.6 Å². The van der Waals surface area contributed by atoms with Gasteiger partial charge in [0.05, 0.1) is 0 Å². The van der Waals surface area contributed by atoms with Crippen molar-refractivity contribution >= 4 is 11.6 Å². The minimum Gasteiger partial charge on any atom is -0.492 e. The summed E-state index contributed by atoms with van der Waals surface area (Å²) in [6, 6.07) is 24.1. The molecule has 0 aliphatic rings. The van der Waals surface area contributed by atoms with Gasteiger partial charge in [0.1, 0.15) is 24.2 Å². The van der Waals surface area contributed by atoms with Gasteiger partial charge in [0.2, 0.25) is 5.91 Å². The molecule has 0 unspecified atom stereocenters. The summed E-state index contributed by atoms with van der Waals surface area (Å²) < 4.78 is 18.7. The zero-order valence-corrected chi connectivity index (χ0v) is 14.8. The summed E-state index contributed by atoms with van der Waals surface area (Å²) in [4.78, 5) is 12.8. The molecule has 3 aromatic carbocycles. The van der Waals surface area contributed by atoms with Gasteiger partial charge < -0.3 is 10.1 Å². The van der Waals surface area contributed by atoms with E-state index < -0.39 is 6.04 Å². The predicted molar refractivity (Wildman–Crippen MR) is 104 cm³/mol. The average Bonchev–Trinajstić information content (AvgIpc) is 2.71. The van der Waals surface area contributed by atoms with Crippen molar-refractivity contribution in [2.75, 3.05) is 18.5 Å². The van der Waals surface area contributed by atoms with Crippen molar-refractivity contribution < 1.29 is 13.9 Å². The van der Waals surface area contributed by atoms with Crippen molar-refractivity contribution in [2.45, 2.75) is 6.04 Å². The number of amides is 1. The zero-order chi connectivity index (χ0) is 18.9. The third kappa shape index (κ3) is 5.66. The fourth-order valence-electron chi connectivity index (χ4n) is 2.64. The monoisotopic (exact) mass is 364 g/mol. The van der Waals surface area contributed by atoms with Gasteiger partial charge in [-0.05, 0) is 42.0 Å². The summed E-state index contributed by atoms with van der Waals surface area (Å²) in [5.74, 6) is 0.225. The SMILES string of the molecule is O=C(Nc1ccc(F)cc1)[C@H](NCCOc1ccccc1)c1ccccc1. The van der Waals surface area contributed by atoms with E-state index in [0.717, 1.165) is 11.3 Å². The molecule has 0 aliphatic carbocycles. The first-order valence-corrected chi connectivity index (χ1v) is 8.75. The second kappa shape index (κ2) is 9.50. The highest BCUT2D eigenvalue weighted by Crippen LogP contribution is 2.16. The summed E-state index contributed by atoms with van der Waals surface area (Å²) in [5.41, 5.74) is 1.39. The van der Waals surface area contributed by atoms with Gasteiger partial charge in [-0.3, -0.25) is 10.1 Å². The molecule has 0 saturated carbocycles. The molecular formula is C22H21FN2O2. The maximum atomic E-state index is 13.1. The Labute approximate surface area is 158 Å². The van der Waals surface area contributed by atoms with Crippen LogP contribution < -0.4 is 15.4 Å². The second-order valence-electron chi connectivity index (χ2n) is 5.96. The highest BCUT2D eigenvalue weighted by Gasteiger charge is 2.20. The number of anilines is 1. The lowest BCUT2D eigenvalue weighted by Gasteiger charge is -2.19. The van der Waals surface area contributed by atoms with Crippen molar-refractivity contribution in [3.63, 3.8) is 0 Å². The Hall–Kier alpha value is -3.18. The number of carbonyl (C=O) groups excluding carboxylic acids is 1. The molecule has 2 N–H and O–H groups in total. The molecule has 0 bridgehead atoms. The van der Waals surface area contributed by atoms with Gasteiger partial charge in [0.25, 0.3) is 0 Å². The molecule has 1 atom stereocenters. The van der Waals surface area contributed by atoms with E-state index in [-0.39, 0.29) is 11.7 Å². The van der Waals surface area contributed by atoms with E-state index in [1.165, 1.54) is 24.3 Å². The van der Waals surface area contributed by atoms with E-state index in [4.69, 9.17) is 4.74 Å². The Kier molecular flexibility index (Phi) is 6.55. The largest absolute Gasteiger partial charge is 0.492 e. The summed E-state index contributed by atoms with van der Waals surface area (Å²) in [6.07, 6.45) is 0. The molecule has 138 valence electrons. The van der Waals surface area contributed by atoms with Crippen LogP contribution in [0.3, 0.4) is 0 Å². The number of para-hydroxylation sites is 1. The lowest BCUT2D eigenvalue weighted by molar-refractivity contribution is -0.118. The quantitative estimate of drug-likeness (QED) is 0.590. The fraction of sp³-hybridized carbons (Fsp3) is 0.136. The molecule has 27 heavy (non-hydrogen) atoms. The molecular weight excluding hydrogens is 343 g/mol. The number of nitrogens with one attached hydrogen (secondary N) is 2. The smallest absolute Gasteiger partial charge is 0.246 e. The summed E-state index contributed by atoms with van der Waals surface area (Å²) in [7, 11) is 0. The van der Waals surface area contributed by atoms with E-state index in [9.17, 15) is 9.18 Å². The van der Waals surface area contributed by atoms with Crippen LogP contribution in [0.2, 0.25) is 0 Å². The Balaban J connectivity index is 1.62. The molecule has 3 aromatic rings. The van der Waals surface area contributed by atoms with Crippen molar-refractivity contribution in [1.82, 2.24) is 5.32 Å². The number of hydrogen-bond donors (Lipinski definition) is 2. The van der Waals surface area contributed by atoms with Crippen LogP contribution in [0.5, 0.6) is 5.75 Å². The Morgan fingerprint density at radius 1 is 0.889 bits per heavy atom. The van der Waals surface area contributed by atoms with Gasteiger partial charge in [-0.2, -0.15) is 0 Å². The van der Waals surface area contributed by atoms with Crippen LogP contribution in [0.25, 0.3) is 0 Å². The van der Waals surface area contributed by atoms with Gasteiger partial charge in [-0.15, -0.1) is 0 Å². The van der Waals surface area contributed by atoms with Crippen LogP contribution in [0.15, 0.2) is 84.9 Å². The number of carbonyl (C=O) groups is 1. The van der Waals surface area contributed by atoms with Crippen LogP contribution in [0.1, 0.15) is 11.6 Å². The number of halogens is 1. The summed E-state index contributed by atoms with van der Waals surface area (Å²) in [6.45, 7) is 0.919. The lowest BCUT2D eigenvalue weighted by Crippen LogP contribution is -2.35. The molecule has 0 saturated heterocycles. The van der Waals surface area contributed by atoms with E-state index in [1.807, 2.05) is 60.7 Å². The van der Waals surface area contributed by atoms with Crippen LogP contribution in [0, 0.1) is 5.82 Å². The lowest BCUT2D eigenvalue weighted by atomic mass is 10.1. The predicted octanol–water partition coefficient (Wildman–Crippen LogP) is 4.17. The maximum Gasteiger partial charge on any atom is 0.246 e. The van der Waals surface area contributed by atoms with Gasteiger partial charge in [-0.1, -0.05) is 48.5 Å². The molecule has 0 aromatic heterocycles. The molecule has 0 heterocycles. The number of rotatable bonds is 8. The van der Waals surface area contributed by atoms with Crippen LogP contribution in [-0.4, -0.2) is 19.1 Å². The first-order chi connectivity index (χ1) is 13.2. The normalized spacial score (nSPS) is 11.6. The zero-order valence-electron chi connectivity index (χ0n) is 14.8. The minimum atomic E-state index is -0.546. The summed E-state index contributed by atoms with van der Waals surface area (Å²) in [5, 5.41) is 6.04. The molecule has 0 fully saturated rings. The highest BCUT2D eigenvalue weighted by molar-refractivity contribution is 5.95. The third-order valence-electron chi connectivity index (χ3n) is 3.97. The van der Waals surface area contributed by atoms with Crippen LogP contribution in [0.4, 0.5) is 10.1 Å².